The van der Waals surface area contributed by atoms with Crippen LogP contribution in [0.1, 0.15) is 42.5 Å². The number of likely N-dealkylation sites (tertiary alicyclic amines) is 1. The number of hydrogen-bond donors (Lipinski definition) is 1. The van der Waals surface area contributed by atoms with Crippen LogP contribution in [0.15, 0.2) is 24.5 Å². The van der Waals surface area contributed by atoms with Gasteiger partial charge in [0, 0.05) is 43.1 Å². The summed E-state index contributed by atoms with van der Waals surface area (Å²) < 4.78 is 0. The second-order valence-corrected chi connectivity index (χ2v) is 5.63. The van der Waals surface area contributed by atoms with E-state index < -0.39 is 0 Å². The summed E-state index contributed by atoms with van der Waals surface area (Å²) in [6, 6.07) is 4.60. The van der Waals surface area contributed by atoms with Crippen LogP contribution in [-0.4, -0.2) is 41.0 Å². The van der Waals surface area contributed by atoms with Gasteiger partial charge in [-0.2, -0.15) is 0 Å². The second kappa shape index (κ2) is 5.70. The fourth-order valence-electron chi connectivity index (χ4n) is 3.28. The van der Waals surface area contributed by atoms with Gasteiger partial charge in [-0.3, -0.25) is 14.7 Å². The molecule has 1 aromatic heterocycles. The van der Waals surface area contributed by atoms with Crippen molar-refractivity contribution in [3.8, 4) is 0 Å². The van der Waals surface area contributed by atoms with Gasteiger partial charge in [0.15, 0.2) is 0 Å². The van der Waals surface area contributed by atoms with Crippen LogP contribution in [0.4, 0.5) is 0 Å². The predicted octanol–water partition coefficient (Wildman–Crippen LogP) is 1.83. The molecule has 0 spiro atoms. The van der Waals surface area contributed by atoms with Crippen LogP contribution in [0, 0.1) is 0 Å². The van der Waals surface area contributed by atoms with Crippen molar-refractivity contribution in [2.45, 2.75) is 44.2 Å². The molecule has 1 aromatic rings. The van der Waals surface area contributed by atoms with E-state index in [9.17, 15) is 4.79 Å². The summed E-state index contributed by atoms with van der Waals surface area (Å²) in [5.74, 6) is 0.0284. The lowest BCUT2D eigenvalue weighted by Gasteiger charge is -2.23. The molecule has 2 aliphatic rings. The van der Waals surface area contributed by atoms with Gasteiger partial charge in [0.05, 0.1) is 0 Å². The van der Waals surface area contributed by atoms with Crippen LogP contribution >= 0.6 is 0 Å². The number of aromatic nitrogens is 1. The van der Waals surface area contributed by atoms with E-state index in [1.54, 1.807) is 24.5 Å². The third kappa shape index (κ3) is 2.95. The molecule has 1 aliphatic carbocycles. The van der Waals surface area contributed by atoms with Crippen molar-refractivity contribution >= 4 is 5.91 Å². The number of pyridine rings is 1. The first-order valence-electron chi connectivity index (χ1n) is 7.28. The molecule has 1 saturated carbocycles. The molecule has 19 heavy (non-hydrogen) atoms. The maximum absolute atomic E-state index is 12.1. The molecule has 1 atom stereocenters. The zero-order valence-electron chi connectivity index (χ0n) is 11.2. The standard InChI is InChI=1S/C15H21N3O/c19-15(12-5-8-16-9-6-12)17-13-7-10-18(11-13)14-3-1-2-4-14/h5-6,8-9,13-14H,1-4,7,10-11H2,(H,17,19). The van der Waals surface area contributed by atoms with Crippen molar-refractivity contribution < 1.29 is 4.79 Å². The van der Waals surface area contributed by atoms with Gasteiger partial charge in [-0.25, -0.2) is 0 Å². The Morgan fingerprint density at radius 1 is 1.21 bits per heavy atom. The third-order valence-electron chi connectivity index (χ3n) is 4.34. The molecule has 1 aliphatic heterocycles. The van der Waals surface area contributed by atoms with Crippen molar-refractivity contribution in [3.63, 3.8) is 0 Å². The van der Waals surface area contributed by atoms with Gasteiger partial charge in [-0.1, -0.05) is 12.8 Å². The topological polar surface area (TPSA) is 45.2 Å². The van der Waals surface area contributed by atoms with Gasteiger partial charge in [-0.05, 0) is 31.4 Å². The minimum absolute atomic E-state index is 0.0284. The second-order valence-electron chi connectivity index (χ2n) is 5.63. The lowest BCUT2D eigenvalue weighted by molar-refractivity contribution is 0.0936. The van der Waals surface area contributed by atoms with Crippen molar-refractivity contribution in [1.29, 1.82) is 0 Å². The van der Waals surface area contributed by atoms with E-state index in [1.165, 1.54) is 25.7 Å². The highest BCUT2D eigenvalue weighted by atomic mass is 16.1. The quantitative estimate of drug-likeness (QED) is 0.900. The number of hydrogen-bond acceptors (Lipinski definition) is 3. The van der Waals surface area contributed by atoms with Gasteiger partial charge in [-0.15, -0.1) is 0 Å². The first kappa shape index (κ1) is 12.6. The van der Waals surface area contributed by atoms with Gasteiger partial charge >= 0.3 is 0 Å². The summed E-state index contributed by atoms with van der Waals surface area (Å²) in [6.07, 6.45) is 9.82. The molecule has 1 unspecified atom stereocenters. The maximum atomic E-state index is 12.1. The maximum Gasteiger partial charge on any atom is 0.251 e. The fraction of sp³-hybridized carbons (Fsp3) is 0.600. The Morgan fingerprint density at radius 3 is 2.68 bits per heavy atom. The number of carbonyl (C=O) groups excluding carboxylic acids is 1. The normalized spacial score (nSPS) is 24.7. The van der Waals surface area contributed by atoms with E-state index in [0.717, 1.165) is 25.6 Å². The van der Waals surface area contributed by atoms with Gasteiger partial charge in [0.25, 0.3) is 5.91 Å². The van der Waals surface area contributed by atoms with Crippen molar-refractivity contribution in [1.82, 2.24) is 15.2 Å². The summed E-state index contributed by atoms with van der Waals surface area (Å²) in [7, 11) is 0. The average molecular weight is 259 g/mol. The molecule has 2 fully saturated rings. The first-order valence-corrected chi connectivity index (χ1v) is 7.28. The third-order valence-corrected chi connectivity index (χ3v) is 4.34. The highest BCUT2D eigenvalue weighted by molar-refractivity contribution is 5.94. The molecular weight excluding hydrogens is 238 g/mol. The Labute approximate surface area is 114 Å². The molecule has 1 N–H and O–H groups in total. The van der Waals surface area contributed by atoms with Crippen LogP contribution in [0.5, 0.6) is 0 Å². The summed E-state index contributed by atoms with van der Waals surface area (Å²) in [6.45, 7) is 2.15. The number of carbonyl (C=O) groups is 1. The minimum Gasteiger partial charge on any atom is -0.348 e. The summed E-state index contributed by atoms with van der Waals surface area (Å²) in [5.41, 5.74) is 0.703. The molecule has 1 amide bonds. The molecule has 0 radical (unpaired) electrons. The molecule has 102 valence electrons. The average Bonchev–Trinajstić information content (AvgIpc) is 3.10. The van der Waals surface area contributed by atoms with Crippen molar-refractivity contribution in [2.24, 2.45) is 0 Å². The summed E-state index contributed by atoms with van der Waals surface area (Å²) >= 11 is 0. The Kier molecular flexibility index (Phi) is 3.78. The fourth-order valence-corrected chi connectivity index (χ4v) is 3.28. The largest absolute Gasteiger partial charge is 0.348 e. The molecule has 0 bridgehead atoms. The SMILES string of the molecule is O=C(NC1CCN(C2CCCC2)C1)c1ccncc1. The van der Waals surface area contributed by atoms with Crippen molar-refractivity contribution in [2.75, 3.05) is 13.1 Å². The van der Waals surface area contributed by atoms with Crippen molar-refractivity contribution in [3.05, 3.63) is 30.1 Å². The molecule has 4 nitrogen and oxygen atoms in total. The zero-order valence-corrected chi connectivity index (χ0v) is 11.2. The summed E-state index contributed by atoms with van der Waals surface area (Å²) in [4.78, 5) is 18.6. The number of rotatable bonds is 3. The Morgan fingerprint density at radius 2 is 1.95 bits per heavy atom. The van der Waals surface area contributed by atoms with E-state index >= 15 is 0 Å². The van der Waals surface area contributed by atoms with E-state index in [-0.39, 0.29) is 5.91 Å². The highest BCUT2D eigenvalue weighted by Gasteiger charge is 2.30. The van der Waals surface area contributed by atoms with E-state index in [4.69, 9.17) is 0 Å². The van der Waals surface area contributed by atoms with Gasteiger partial charge in [0.2, 0.25) is 0 Å². The summed E-state index contributed by atoms with van der Waals surface area (Å²) in [5, 5.41) is 3.14. The first-order chi connectivity index (χ1) is 9.33. The predicted molar refractivity (Wildman–Crippen MR) is 73.9 cm³/mol. The number of amides is 1. The Hall–Kier alpha value is -1.42. The molecule has 3 rings (SSSR count). The van der Waals surface area contributed by atoms with Gasteiger partial charge < -0.3 is 5.32 Å². The van der Waals surface area contributed by atoms with Crippen LogP contribution in [0.25, 0.3) is 0 Å². The monoisotopic (exact) mass is 259 g/mol. The van der Waals surface area contributed by atoms with Gasteiger partial charge in [0.1, 0.15) is 0 Å². The van der Waals surface area contributed by atoms with Crippen LogP contribution in [-0.2, 0) is 0 Å². The number of nitrogens with one attached hydrogen (secondary N) is 1. The molecular formula is C15H21N3O. The minimum atomic E-state index is 0.0284. The van der Waals surface area contributed by atoms with E-state index in [1.807, 2.05) is 0 Å². The van der Waals surface area contributed by atoms with Crippen LogP contribution in [0.2, 0.25) is 0 Å². The Bertz CT molecular complexity index is 428. The highest BCUT2D eigenvalue weighted by Crippen LogP contribution is 2.26. The molecule has 1 saturated heterocycles. The van der Waals surface area contributed by atoms with E-state index in [2.05, 4.69) is 15.2 Å². The zero-order chi connectivity index (χ0) is 13.1. The lowest BCUT2D eigenvalue weighted by atomic mass is 10.2. The van der Waals surface area contributed by atoms with Crippen LogP contribution < -0.4 is 5.32 Å². The van der Waals surface area contributed by atoms with E-state index in [0.29, 0.717) is 11.6 Å². The molecule has 2 heterocycles. The number of nitrogens with zero attached hydrogens (tertiary/aromatic N) is 2. The smallest absolute Gasteiger partial charge is 0.251 e. The van der Waals surface area contributed by atoms with Crippen LogP contribution in [0.3, 0.4) is 0 Å². The Balaban J connectivity index is 1.53. The lowest BCUT2D eigenvalue weighted by Crippen LogP contribution is -2.39. The molecule has 0 aromatic carbocycles. The molecule has 4 heteroatoms.